The van der Waals surface area contributed by atoms with Gasteiger partial charge < -0.3 is 14.6 Å². The second-order valence-electron chi connectivity index (χ2n) is 6.88. The van der Waals surface area contributed by atoms with E-state index in [4.69, 9.17) is 4.42 Å². The van der Waals surface area contributed by atoms with E-state index in [2.05, 4.69) is 35.1 Å². The van der Waals surface area contributed by atoms with Gasteiger partial charge in [-0.15, -0.1) is 0 Å². The van der Waals surface area contributed by atoms with Crippen LogP contribution < -0.4 is 5.32 Å². The summed E-state index contributed by atoms with van der Waals surface area (Å²) in [4.78, 5) is 27.3. The van der Waals surface area contributed by atoms with Gasteiger partial charge in [0, 0.05) is 23.3 Å². The maximum atomic E-state index is 13.1. The van der Waals surface area contributed by atoms with E-state index < -0.39 is 0 Å². The number of halogens is 1. The Bertz CT molecular complexity index is 794. The predicted molar refractivity (Wildman–Crippen MR) is 104 cm³/mol. The van der Waals surface area contributed by atoms with E-state index in [1.807, 2.05) is 4.90 Å². The Morgan fingerprint density at radius 3 is 2.54 bits per heavy atom. The monoisotopic (exact) mass is 418 g/mol. The summed E-state index contributed by atoms with van der Waals surface area (Å²) in [5, 5.41) is 2.78. The lowest BCUT2D eigenvalue weighted by molar-refractivity contribution is 0.0613. The number of rotatable bonds is 5. The quantitative estimate of drug-likeness (QED) is 0.735. The predicted octanol–water partition coefficient (Wildman–Crippen LogP) is 5.09. The number of carbonyl (C=O) groups is 2. The van der Waals surface area contributed by atoms with Gasteiger partial charge in [0.2, 0.25) is 0 Å². The molecule has 0 radical (unpaired) electrons. The maximum absolute atomic E-state index is 13.1. The first-order chi connectivity index (χ1) is 12.5. The fraction of sp³-hybridized carbons (Fsp3) is 0.400. The van der Waals surface area contributed by atoms with Crippen LogP contribution in [0.25, 0.3) is 0 Å². The van der Waals surface area contributed by atoms with Gasteiger partial charge in [-0.05, 0) is 73.0 Å². The normalized spacial score (nSPS) is 14.6. The van der Waals surface area contributed by atoms with Crippen molar-refractivity contribution in [3.05, 3.63) is 52.4 Å². The first-order valence-corrected chi connectivity index (χ1v) is 9.74. The highest BCUT2D eigenvalue weighted by molar-refractivity contribution is 9.10. The van der Waals surface area contributed by atoms with Crippen LogP contribution in [0.3, 0.4) is 0 Å². The summed E-state index contributed by atoms with van der Waals surface area (Å²) in [6.45, 7) is 4.10. The summed E-state index contributed by atoms with van der Waals surface area (Å²) in [5.74, 6) is -0.121. The highest BCUT2D eigenvalue weighted by atomic mass is 79.9. The molecule has 2 amide bonds. The van der Waals surface area contributed by atoms with Crippen LogP contribution in [0.1, 0.15) is 60.4 Å². The van der Waals surface area contributed by atoms with Gasteiger partial charge in [0.15, 0.2) is 10.4 Å². The largest absolute Gasteiger partial charge is 0.444 e. The lowest BCUT2D eigenvalue weighted by Crippen LogP contribution is -2.43. The molecule has 1 fully saturated rings. The number of carbonyl (C=O) groups excluding carboxylic acids is 2. The number of nitrogens with zero attached hydrogens (tertiary/aromatic N) is 1. The van der Waals surface area contributed by atoms with Crippen molar-refractivity contribution in [2.45, 2.75) is 51.6 Å². The number of benzene rings is 1. The number of hydrogen-bond donors (Lipinski definition) is 1. The molecule has 26 heavy (non-hydrogen) atoms. The Hall–Kier alpha value is -2.08. The average molecular weight is 419 g/mol. The molecule has 5 nitrogen and oxygen atoms in total. The Morgan fingerprint density at radius 1 is 1.19 bits per heavy atom. The maximum Gasteiger partial charge on any atom is 0.291 e. The van der Waals surface area contributed by atoms with E-state index in [9.17, 15) is 9.59 Å². The minimum absolute atomic E-state index is 0.0174. The van der Waals surface area contributed by atoms with Crippen LogP contribution in [0.2, 0.25) is 0 Å². The van der Waals surface area contributed by atoms with Gasteiger partial charge in [0.05, 0.1) is 0 Å². The number of amides is 2. The molecule has 1 aromatic heterocycles. The minimum atomic E-state index is -0.350. The van der Waals surface area contributed by atoms with Crippen LogP contribution in [0.15, 0.2) is 45.5 Å². The second-order valence-corrected chi connectivity index (χ2v) is 7.66. The molecular weight excluding hydrogens is 396 g/mol. The number of anilines is 1. The summed E-state index contributed by atoms with van der Waals surface area (Å²) in [7, 11) is 0. The van der Waals surface area contributed by atoms with Crippen molar-refractivity contribution in [1.82, 2.24) is 4.90 Å². The second kappa shape index (κ2) is 8.08. The lowest BCUT2D eigenvalue weighted by atomic mass is 10.1. The van der Waals surface area contributed by atoms with Gasteiger partial charge in [0.1, 0.15) is 0 Å². The molecule has 0 bridgehead atoms. The first kappa shape index (κ1) is 18.7. The van der Waals surface area contributed by atoms with Crippen LogP contribution in [0.5, 0.6) is 0 Å². The summed E-state index contributed by atoms with van der Waals surface area (Å²) in [6, 6.07) is 10.8. The standard InChI is InChI=1S/C20H23BrN2O3/c1-13(2)23(16-8-3-4-9-16)20(25)14-6-5-7-15(12-14)22-19(24)17-10-11-18(21)26-17/h5-7,10-13,16H,3-4,8-9H2,1-2H3,(H,22,24). The van der Waals surface area contributed by atoms with Crippen LogP contribution in [-0.2, 0) is 0 Å². The van der Waals surface area contributed by atoms with Crippen LogP contribution in [-0.4, -0.2) is 28.8 Å². The molecule has 0 unspecified atom stereocenters. The van der Waals surface area contributed by atoms with Crippen molar-refractivity contribution in [2.75, 3.05) is 5.32 Å². The van der Waals surface area contributed by atoms with Crippen molar-refractivity contribution in [3.63, 3.8) is 0 Å². The first-order valence-electron chi connectivity index (χ1n) is 8.95. The smallest absolute Gasteiger partial charge is 0.291 e. The van der Waals surface area contributed by atoms with Gasteiger partial charge in [-0.25, -0.2) is 0 Å². The molecule has 1 aromatic carbocycles. The molecule has 1 aliphatic rings. The van der Waals surface area contributed by atoms with E-state index in [0.717, 1.165) is 12.8 Å². The Morgan fingerprint density at radius 2 is 1.92 bits per heavy atom. The Labute approximate surface area is 161 Å². The molecule has 0 spiro atoms. The third kappa shape index (κ3) is 4.18. The fourth-order valence-electron chi connectivity index (χ4n) is 3.51. The number of furan rings is 1. The van der Waals surface area contributed by atoms with Crippen LogP contribution in [0, 0.1) is 0 Å². The molecule has 1 heterocycles. The molecule has 1 saturated carbocycles. The topological polar surface area (TPSA) is 62.6 Å². The molecule has 0 saturated heterocycles. The molecule has 1 aliphatic carbocycles. The lowest BCUT2D eigenvalue weighted by Gasteiger charge is -2.33. The highest BCUT2D eigenvalue weighted by Gasteiger charge is 2.29. The SMILES string of the molecule is CC(C)N(C(=O)c1cccc(NC(=O)c2ccc(Br)o2)c1)C1CCCC1. The van der Waals surface area contributed by atoms with Crippen molar-refractivity contribution in [3.8, 4) is 0 Å². The summed E-state index contributed by atoms with van der Waals surface area (Å²) in [5.41, 5.74) is 1.16. The van der Waals surface area contributed by atoms with E-state index in [-0.39, 0.29) is 23.6 Å². The fourth-order valence-corrected chi connectivity index (χ4v) is 3.82. The number of hydrogen-bond acceptors (Lipinski definition) is 3. The Balaban J connectivity index is 1.77. The van der Waals surface area contributed by atoms with Crippen molar-refractivity contribution < 1.29 is 14.0 Å². The average Bonchev–Trinajstić information content (AvgIpc) is 3.27. The molecule has 3 rings (SSSR count). The van der Waals surface area contributed by atoms with Crippen LogP contribution in [0.4, 0.5) is 5.69 Å². The van der Waals surface area contributed by atoms with Gasteiger partial charge in [-0.3, -0.25) is 9.59 Å². The molecule has 0 atom stereocenters. The zero-order chi connectivity index (χ0) is 18.7. The van der Waals surface area contributed by atoms with Crippen molar-refractivity contribution in [2.24, 2.45) is 0 Å². The number of nitrogens with one attached hydrogen (secondary N) is 1. The van der Waals surface area contributed by atoms with Crippen LogP contribution >= 0.6 is 15.9 Å². The van der Waals surface area contributed by atoms with Crippen molar-refractivity contribution in [1.29, 1.82) is 0 Å². The van der Waals surface area contributed by atoms with Gasteiger partial charge in [0.25, 0.3) is 11.8 Å². The highest BCUT2D eigenvalue weighted by Crippen LogP contribution is 2.27. The zero-order valence-corrected chi connectivity index (χ0v) is 16.6. The molecular formula is C20H23BrN2O3. The molecule has 1 N–H and O–H groups in total. The van der Waals surface area contributed by atoms with Crippen molar-refractivity contribution >= 4 is 33.4 Å². The van der Waals surface area contributed by atoms with Gasteiger partial charge in [-0.1, -0.05) is 18.9 Å². The summed E-state index contributed by atoms with van der Waals surface area (Å²) >= 11 is 3.18. The van der Waals surface area contributed by atoms with Gasteiger partial charge in [-0.2, -0.15) is 0 Å². The minimum Gasteiger partial charge on any atom is -0.444 e. The molecule has 2 aromatic rings. The molecule has 0 aliphatic heterocycles. The zero-order valence-electron chi connectivity index (χ0n) is 15.0. The molecule has 138 valence electrons. The third-order valence-electron chi connectivity index (χ3n) is 4.67. The van der Waals surface area contributed by atoms with E-state index in [0.29, 0.717) is 22.0 Å². The summed E-state index contributed by atoms with van der Waals surface area (Å²) < 4.78 is 5.76. The van der Waals surface area contributed by atoms with E-state index in [1.54, 1.807) is 36.4 Å². The molecule has 6 heteroatoms. The van der Waals surface area contributed by atoms with E-state index >= 15 is 0 Å². The van der Waals surface area contributed by atoms with E-state index in [1.165, 1.54) is 12.8 Å². The van der Waals surface area contributed by atoms with Gasteiger partial charge >= 0.3 is 0 Å². The summed E-state index contributed by atoms with van der Waals surface area (Å²) in [6.07, 6.45) is 4.48. The Kier molecular flexibility index (Phi) is 5.81. The third-order valence-corrected chi connectivity index (χ3v) is 5.10.